The van der Waals surface area contributed by atoms with Crippen LogP contribution in [-0.4, -0.2) is 21.6 Å². The first-order valence-corrected chi connectivity index (χ1v) is 17.9. The Morgan fingerprint density at radius 2 is 1.30 bits per heavy atom. The molecular weight excluding hydrogens is 416 g/mol. The molecule has 0 radical (unpaired) electrons. The molecule has 1 atom stereocenters. The quantitative estimate of drug-likeness (QED) is 0.102. The van der Waals surface area contributed by atoms with Crippen molar-refractivity contribution in [3.05, 3.63) is 12.2 Å². The zero-order chi connectivity index (χ0) is 23.4. The van der Waals surface area contributed by atoms with Gasteiger partial charge in [-0.1, -0.05) is 141 Å². The third-order valence-electron chi connectivity index (χ3n) is 8.77. The average Bonchev–Trinajstić information content (AvgIpc) is 2.86. The molecule has 0 aromatic carbocycles. The lowest BCUT2D eigenvalue weighted by Crippen LogP contribution is -2.29. The molecule has 0 saturated heterocycles. The van der Waals surface area contributed by atoms with E-state index < -0.39 is 8.80 Å². The smallest absolute Gasteiger partial charge is 0.0708 e. The molecule has 1 unspecified atom stereocenters. The highest BCUT2D eigenvalue weighted by Gasteiger charge is 2.25. The van der Waals surface area contributed by atoms with Gasteiger partial charge in [-0.05, 0) is 43.1 Å². The van der Waals surface area contributed by atoms with Crippen molar-refractivity contribution in [2.45, 2.75) is 160 Å². The SMILES string of the molecule is CCCC/C=C/CCCCC[C@H]1CC[C@H](CCCC[SiH](COCCC)C2CCCCC2)CC1. The minimum atomic E-state index is -0.687. The number of rotatable bonds is 19. The van der Waals surface area contributed by atoms with E-state index in [1.165, 1.54) is 141 Å². The van der Waals surface area contributed by atoms with Crippen LogP contribution in [0.5, 0.6) is 0 Å². The first kappa shape index (κ1) is 29.1. The van der Waals surface area contributed by atoms with Gasteiger partial charge in [0.25, 0.3) is 0 Å². The van der Waals surface area contributed by atoms with Crippen molar-refractivity contribution in [2.75, 3.05) is 12.8 Å². The van der Waals surface area contributed by atoms with Crippen LogP contribution in [0.2, 0.25) is 11.6 Å². The molecule has 2 rings (SSSR count). The van der Waals surface area contributed by atoms with Crippen molar-refractivity contribution in [1.82, 2.24) is 0 Å². The molecule has 33 heavy (non-hydrogen) atoms. The van der Waals surface area contributed by atoms with E-state index in [0.717, 1.165) is 24.0 Å². The fraction of sp³-hybridized carbons (Fsp3) is 0.935. The lowest BCUT2D eigenvalue weighted by molar-refractivity contribution is 0.173. The molecular formula is C31H60OSi. The van der Waals surface area contributed by atoms with E-state index in [4.69, 9.17) is 4.74 Å². The van der Waals surface area contributed by atoms with Crippen LogP contribution in [0.1, 0.15) is 149 Å². The van der Waals surface area contributed by atoms with Crippen LogP contribution in [0, 0.1) is 11.8 Å². The minimum Gasteiger partial charge on any atom is -0.385 e. The van der Waals surface area contributed by atoms with E-state index >= 15 is 0 Å². The van der Waals surface area contributed by atoms with E-state index in [2.05, 4.69) is 26.0 Å². The number of hydrogen-bond acceptors (Lipinski definition) is 1. The van der Waals surface area contributed by atoms with E-state index in [-0.39, 0.29) is 0 Å². The topological polar surface area (TPSA) is 9.23 Å². The second-order valence-corrected chi connectivity index (χ2v) is 15.0. The maximum Gasteiger partial charge on any atom is 0.0708 e. The zero-order valence-corrected chi connectivity index (χ0v) is 24.0. The van der Waals surface area contributed by atoms with Gasteiger partial charge in [-0.25, -0.2) is 0 Å². The van der Waals surface area contributed by atoms with Crippen LogP contribution in [0.15, 0.2) is 12.2 Å². The Kier molecular flexibility index (Phi) is 17.8. The highest BCUT2D eigenvalue weighted by Crippen LogP contribution is 2.36. The van der Waals surface area contributed by atoms with Gasteiger partial charge in [-0.3, -0.25) is 0 Å². The summed E-state index contributed by atoms with van der Waals surface area (Å²) < 4.78 is 6.09. The molecule has 194 valence electrons. The predicted octanol–water partition coefficient (Wildman–Crippen LogP) is 10.2. The molecule has 2 saturated carbocycles. The Morgan fingerprint density at radius 3 is 1.94 bits per heavy atom. The maximum atomic E-state index is 6.09. The fourth-order valence-electron chi connectivity index (χ4n) is 6.52. The maximum absolute atomic E-state index is 6.09. The second kappa shape index (κ2) is 20.1. The molecule has 2 heteroatoms. The summed E-state index contributed by atoms with van der Waals surface area (Å²) >= 11 is 0. The highest BCUT2D eigenvalue weighted by molar-refractivity contribution is 6.60. The van der Waals surface area contributed by atoms with Crippen molar-refractivity contribution in [3.8, 4) is 0 Å². The number of unbranched alkanes of at least 4 members (excludes halogenated alkanes) is 6. The lowest BCUT2D eigenvalue weighted by Gasteiger charge is -2.30. The van der Waals surface area contributed by atoms with Crippen LogP contribution < -0.4 is 0 Å². The Balaban J connectivity index is 1.48. The van der Waals surface area contributed by atoms with Gasteiger partial charge in [0.15, 0.2) is 0 Å². The second-order valence-electron chi connectivity index (χ2n) is 11.7. The molecule has 1 nitrogen and oxygen atoms in total. The van der Waals surface area contributed by atoms with Crippen LogP contribution in [0.3, 0.4) is 0 Å². The first-order chi connectivity index (χ1) is 16.3. The molecule has 0 aliphatic heterocycles. The van der Waals surface area contributed by atoms with Crippen molar-refractivity contribution in [1.29, 1.82) is 0 Å². The zero-order valence-electron chi connectivity index (χ0n) is 22.8. The molecule has 0 aromatic heterocycles. The summed E-state index contributed by atoms with van der Waals surface area (Å²) in [7, 11) is -0.687. The van der Waals surface area contributed by atoms with Crippen LogP contribution >= 0.6 is 0 Å². The highest BCUT2D eigenvalue weighted by atomic mass is 28.3. The number of allylic oxidation sites excluding steroid dienone is 2. The van der Waals surface area contributed by atoms with Crippen LogP contribution in [-0.2, 0) is 4.74 Å². The third-order valence-corrected chi connectivity index (χ3v) is 12.6. The largest absolute Gasteiger partial charge is 0.385 e. The van der Waals surface area contributed by atoms with Gasteiger partial charge in [0, 0.05) is 12.8 Å². The molecule has 0 spiro atoms. The van der Waals surface area contributed by atoms with Gasteiger partial charge in [0.05, 0.1) is 8.80 Å². The minimum absolute atomic E-state index is 0.687. The summed E-state index contributed by atoms with van der Waals surface area (Å²) in [6.07, 6.45) is 36.6. The summed E-state index contributed by atoms with van der Waals surface area (Å²) in [6.45, 7) is 5.53. The molecule has 2 aliphatic rings. The normalized spacial score (nSPS) is 23.3. The monoisotopic (exact) mass is 476 g/mol. The van der Waals surface area contributed by atoms with Crippen LogP contribution in [0.25, 0.3) is 0 Å². The van der Waals surface area contributed by atoms with Crippen molar-refractivity contribution < 1.29 is 4.74 Å². The lowest BCUT2D eigenvalue weighted by atomic mass is 9.78. The molecule has 0 aromatic rings. The summed E-state index contributed by atoms with van der Waals surface area (Å²) in [5.74, 6) is 2.11. The van der Waals surface area contributed by atoms with E-state index in [1.54, 1.807) is 6.04 Å². The predicted molar refractivity (Wildman–Crippen MR) is 151 cm³/mol. The molecule has 0 N–H and O–H groups in total. The number of ether oxygens (including phenoxy) is 1. The van der Waals surface area contributed by atoms with Gasteiger partial charge < -0.3 is 4.74 Å². The Labute approximate surface area is 210 Å². The Bertz CT molecular complexity index is 448. The van der Waals surface area contributed by atoms with Gasteiger partial charge in [0.2, 0.25) is 0 Å². The molecule has 2 aliphatic carbocycles. The van der Waals surface area contributed by atoms with E-state index in [0.29, 0.717) is 0 Å². The average molecular weight is 477 g/mol. The Morgan fingerprint density at radius 1 is 0.667 bits per heavy atom. The van der Waals surface area contributed by atoms with E-state index in [9.17, 15) is 0 Å². The summed E-state index contributed by atoms with van der Waals surface area (Å²) in [4.78, 5) is 0. The summed E-state index contributed by atoms with van der Waals surface area (Å²) in [5.41, 5.74) is 1.10. The fourth-order valence-corrected chi connectivity index (χ4v) is 10.1. The number of hydrogen-bond donors (Lipinski definition) is 0. The molecule has 0 heterocycles. The standard InChI is InChI=1S/C31H60OSi/c1-3-5-6-7-8-9-10-11-13-18-29-22-24-30(25-23-29)19-16-17-27-33(28-32-26-4-2)31-20-14-12-15-21-31/h7-8,29-31,33H,3-6,9-28H2,1-2H3/b8-7+/t29-,30-,33?. The van der Waals surface area contributed by atoms with Gasteiger partial charge in [0.1, 0.15) is 0 Å². The van der Waals surface area contributed by atoms with Gasteiger partial charge >= 0.3 is 0 Å². The van der Waals surface area contributed by atoms with E-state index in [1.807, 2.05) is 0 Å². The summed E-state index contributed by atoms with van der Waals surface area (Å²) in [6, 6.07) is 1.57. The van der Waals surface area contributed by atoms with Gasteiger partial charge in [-0.2, -0.15) is 0 Å². The molecule has 0 bridgehead atoms. The van der Waals surface area contributed by atoms with Crippen LogP contribution in [0.4, 0.5) is 0 Å². The molecule has 2 fully saturated rings. The third kappa shape index (κ3) is 14.2. The summed E-state index contributed by atoms with van der Waals surface area (Å²) in [5, 5.41) is 0. The van der Waals surface area contributed by atoms with Crippen molar-refractivity contribution >= 4 is 8.80 Å². The molecule has 0 amide bonds. The Hall–Kier alpha value is -0.0831. The van der Waals surface area contributed by atoms with Crippen molar-refractivity contribution in [2.24, 2.45) is 11.8 Å². The first-order valence-electron chi connectivity index (χ1n) is 15.6. The van der Waals surface area contributed by atoms with Gasteiger partial charge in [-0.15, -0.1) is 0 Å². The van der Waals surface area contributed by atoms with Crippen molar-refractivity contribution in [3.63, 3.8) is 0 Å².